The van der Waals surface area contributed by atoms with Gasteiger partial charge in [-0.1, -0.05) is 36.4 Å². The summed E-state index contributed by atoms with van der Waals surface area (Å²) < 4.78 is 0. The van der Waals surface area contributed by atoms with Crippen LogP contribution in [0.3, 0.4) is 0 Å². The maximum atomic E-state index is 10.8. The van der Waals surface area contributed by atoms with Gasteiger partial charge in [0, 0.05) is 0 Å². The van der Waals surface area contributed by atoms with E-state index in [2.05, 4.69) is 6.07 Å². The van der Waals surface area contributed by atoms with Crippen molar-refractivity contribution in [1.29, 1.82) is 0 Å². The minimum Gasteiger partial charge on any atom is -0.478 e. The Morgan fingerprint density at radius 2 is 1.94 bits per heavy atom. The van der Waals surface area contributed by atoms with E-state index in [9.17, 15) is 4.79 Å². The lowest BCUT2D eigenvalue weighted by Gasteiger charge is -2.02. The van der Waals surface area contributed by atoms with Crippen LogP contribution in [-0.4, -0.2) is 11.1 Å². The number of aromatic carboxylic acids is 1. The highest BCUT2D eigenvalue weighted by molar-refractivity contribution is 5.87. The van der Waals surface area contributed by atoms with Gasteiger partial charge >= 0.3 is 5.97 Å². The van der Waals surface area contributed by atoms with E-state index in [-0.39, 0.29) is 0 Å². The van der Waals surface area contributed by atoms with Crippen LogP contribution in [0.4, 0.5) is 0 Å². The smallest absolute Gasteiger partial charge is 0.335 e. The van der Waals surface area contributed by atoms with Crippen molar-refractivity contribution < 1.29 is 9.90 Å². The molecule has 0 fully saturated rings. The lowest BCUT2D eigenvalue weighted by atomic mass is 10.0. The topological polar surface area (TPSA) is 37.3 Å². The summed E-state index contributed by atoms with van der Waals surface area (Å²) in [6, 6.07) is 17.8. The Balaban J connectivity index is 2.22. The Kier molecular flexibility index (Phi) is 3.01. The summed E-state index contributed by atoms with van der Waals surface area (Å²) in [6.45, 7) is 0. The molecule has 0 bridgehead atoms. The first kappa shape index (κ1) is 10.4. The summed E-state index contributed by atoms with van der Waals surface area (Å²) in [5.74, 6) is -0.900. The van der Waals surface area contributed by atoms with Crippen LogP contribution < -0.4 is 0 Å². The molecule has 1 N–H and O–H groups in total. The molecule has 16 heavy (non-hydrogen) atoms. The third-order valence-corrected chi connectivity index (χ3v) is 2.35. The van der Waals surface area contributed by atoms with E-state index in [1.165, 1.54) is 0 Å². The maximum absolute atomic E-state index is 10.8. The Labute approximate surface area is 94.2 Å². The zero-order valence-corrected chi connectivity index (χ0v) is 8.68. The highest BCUT2D eigenvalue weighted by Gasteiger charge is 2.03. The summed E-state index contributed by atoms with van der Waals surface area (Å²) in [7, 11) is 0. The molecule has 2 nitrogen and oxygen atoms in total. The number of carbonyl (C=O) groups is 1. The summed E-state index contributed by atoms with van der Waals surface area (Å²) in [6.07, 6.45) is 0.710. The molecule has 2 aromatic carbocycles. The van der Waals surface area contributed by atoms with Crippen LogP contribution in [-0.2, 0) is 6.42 Å². The van der Waals surface area contributed by atoms with Crippen LogP contribution in [0, 0.1) is 6.07 Å². The molecule has 2 heteroatoms. The molecule has 0 unspecified atom stereocenters. The van der Waals surface area contributed by atoms with Crippen molar-refractivity contribution in [3.05, 3.63) is 71.3 Å². The van der Waals surface area contributed by atoms with Gasteiger partial charge < -0.3 is 5.11 Å². The molecule has 0 aromatic heterocycles. The minimum absolute atomic E-state index is 0.310. The Morgan fingerprint density at radius 1 is 1.19 bits per heavy atom. The third-order valence-electron chi connectivity index (χ3n) is 2.35. The monoisotopic (exact) mass is 211 g/mol. The molecule has 0 aliphatic carbocycles. The van der Waals surface area contributed by atoms with Crippen molar-refractivity contribution in [2.75, 3.05) is 0 Å². The Morgan fingerprint density at radius 3 is 2.62 bits per heavy atom. The fourth-order valence-corrected chi connectivity index (χ4v) is 1.57. The van der Waals surface area contributed by atoms with Crippen LogP contribution in [0.2, 0.25) is 0 Å². The molecule has 0 amide bonds. The summed E-state index contributed by atoms with van der Waals surface area (Å²) >= 11 is 0. The van der Waals surface area contributed by atoms with E-state index < -0.39 is 5.97 Å². The zero-order chi connectivity index (χ0) is 11.4. The van der Waals surface area contributed by atoms with Gasteiger partial charge in [0.15, 0.2) is 0 Å². The molecule has 0 aliphatic heterocycles. The van der Waals surface area contributed by atoms with Gasteiger partial charge in [0.05, 0.1) is 5.56 Å². The number of rotatable bonds is 3. The van der Waals surface area contributed by atoms with Crippen LogP contribution in [0.5, 0.6) is 0 Å². The molecule has 0 saturated carbocycles. The molecule has 2 aromatic rings. The lowest BCUT2D eigenvalue weighted by molar-refractivity contribution is 0.0697. The molecular formula is C14H11O2. The summed E-state index contributed by atoms with van der Waals surface area (Å²) in [4.78, 5) is 10.8. The second kappa shape index (κ2) is 4.62. The second-order valence-corrected chi connectivity index (χ2v) is 3.57. The quantitative estimate of drug-likeness (QED) is 0.847. The Bertz CT molecular complexity index is 489. The standard InChI is InChI=1S/C14H11O2/c15-14(16)13-8-4-7-12(10-13)9-11-5-2-1-3-6-11/h1-6,8,10H,9H2,(H,15,16). The third kappa shape index (κ3) is 2.48. The average molecular weight is 211 g/mol. The second-order valence-electron chi connectivity index (χ2n) is 3.57. The van der Waals surface area contributed by atoms with Crippen LogP contribution >= 0.6 is 0 Å². The molecule has 0 atom stereocenters. The molecule has 0 aliphatic rings. The number of hydrogen-bond donors (Lipinski definition) is 1. The first-order valence-corrected chi connectivity index (χ1v) is 5.03. The van der Waals surface area contributed by atoms with Crippen LogP contribution in [0.1, 0.15) is 21.5 Å². The van der Waals surface area contributed by atoms with Crippen molar-refractivity contribution in [2.45, 2.75) is 6.42 Å². The highest BCUT2D eigenvalue weighted by atomic mass is 16.4. The fourth-order valence-electron chi connectivity index (χ4n) is 1.57. The van der Waals surface area contributed by atoms with Gasteiger partial charge in [-0.3, -0.25) is 0 Å². The molecule has 79 valence electrons. The van der Waals surface area contributed by atoms with Gasteiger partial charge in [-0.05, 0) is 35.7 Å². The fraction of sp³-hybridized carbons (Fsp3) is 0.0714. The van der Waals surface area contributed by atoms with Crippen molar-refractivity contribution in [1.82, 2.24) is 0 Å². The number of benzene rings is 2. The molecule has 1 radical (unpaired) electrons. The van der Waals surface area contributed by atoms with Crippen molar-refractivity contribution in [3.63, 3.8) is 0 Å². The first-order chi connectivity index (χ1) is 7.75. The largest absolute Gasteiger partial charge is 0.478 e. The minimum atomic E-state index is -0.900. The van der Waals surface area contributed by atoms with Gasteiger partial charge in [0.2, 0.25) is 0 Å². The van der Waals surface area contributed by atoms with Crippen molar-refractivity contribution >= 4 is 5.97 Å². The summed E-state index contributed by atoms with van der Waals surface area (Å²) in [5.41, 5.74) is 2.36. The first-order valence-electron chi connectivity index (χ1n) is 5.03. The van der Waals surface area contributed by atoms with Gasteiger partial charge in [-0.15, -0.1) is 0 Å². The van der Waals surface area contributed by atoms with E-state index in [1.54, 1.807) is 18.2 Å². The number of hydrogen-bond acceptors (Lipinski definition) is 1. The maximum Gasteiger partial charge on any atom is 0.335 e. The van der Waals surface area contributed by atoms with E-state index in [0.717, 1.165) is 11.1 Å². The van der Waals surface area contributed by atoms with Gasteiger partial charge in [0.1, 0.15) is 0 Å². The van der Waals surface area contributed by atoms with E-state index in [1.807, 2.05) is 30.3 Å². The van der Waals surface area contributed by atoms with E-state index in [0.29, 0.717) is 12.0 Å². The average Bonchev–Trinajstić information content (AvgIpc) is 2.30. The molecular weight excluding hydrogens is 200 g/mol. The number of carboxylic acid groups (broad SMARTS) is 1. The van der Waals surface area contributed by atoms with Crippen LogP contribution in [0.15, 0.2) is 48.5 Å². The number of carboxylic acids is 1. The van der Waals surface area contributed by atoms with Crippen molar-refractivity contribution in [2.24, 2.45) is 0 Å². The normalized spacial score (nSPS) is 10.0. The van der Waals surface area contributed by atoms with E-state index in [4.69, 9.17) is 5.11 Å². The molecule has 2 rings (SSSR count). The van der Waals surface area contributed by atoms with Gasteiger partial charge in [0.25, 0.3) is 0 Å². The SMILES string of the molecule is O=C(O)c1cc[c]c(Cc2ccccc2)c1. The van der Waals surface area contributed by atoms with Gasteiger partial charge in [-0.25, -0.2) is 4.79 Å². The van der Waals surface area contributed by atoms with Gasteiger partial charge in [-0.2, -0.15) is 0 Å². The summed E-state index contributed by atoms with van der Waals surface area (Å²) in [5, 5.41) is 8.86. The lowest BCUT2D eigenvalue weighted by Crippen LogP contribution is -1.97. The molecule has 0 spiro atoms. The molecule has 0 heterocycles. The van der Waals surface area contributed by atoms with E-state index >= 15 is 0 Å². The predicted octanol–water partition coefficient (Wildman–Crippen LogP) is 2.78. The van der Waals surface area contributed by atoms with Crippen LogP contribution in [0.25, 0.3) is 0 Å². The Hall–Kier alpha value is -2.09. The predicted molar refractivity (Wildman–Crippen MR) is 61.5 cm³/mol. The highest BCUT2D eigenvalue weighted by Crippen LogP contribution is 2.10. The molecule has 0 saturated heterocycles. The zero-order valence-electron chi connectivity index (χ0n) is 8.68. The van der Waals surface area contributed by atoms with Crippen molar-refractivity contribution in [3.8, 4) is 0 Å².